The largest absolute Gasteiger partial charge is 0.395 e. The molecular formula is C12H18N4O3. The number of pyridine rings is 1. The number of aromatic nitrogens is 1. The normalized spacial score (nSPS) is 17.2. The van der Waals surface area contributed by atoms with E-state index in [0.717, 1.165) is 32.6 Å². The van der Waals surface area contributed by atoms with Gasteiger partial charge in [0.2, 0.25) is 0 Å². The molecule has 0 atom stereocenters. The molecule has 0 bridgehead atoms. The van der Waals surface area contributed by atoms with Crippen molar-refractivity contribution in [1.82, 2.24) is 9.88 Å². The summed E-state index contributed by atoms with van der Waals surface area (Å²) in [6, 6.07) is 1.69. The van der Waals surface area contributed by atoms with Crippen LogP contribution in [0.5, 0.6) is 0 Å². The van der Waals surface area contributed by atoms with Crippen LogP contribution in [0.15, 0.2) is 18.5 Å². The van der Waals surface area contributed by atoms with E-state index in [-0.39, 0.29) is 12.3 Å². The van der Waals surface area contributed by atoms with Crippen LogP contribution in [0.4, 0.5) is 11.4 Å². The third kappa shape index (κ3) is 3.39. The highest BCUT2D eigenvalue weighted by molar-refractivity contribution is 5.61. The first-order valence-electron chi connectivity index (χ1n) is 6.39. The number of rotatable bonds is 4. The fourth-order valence-electron chi connectivity index (χ4n) is 2.36. The van der Waals surface area contributed by atoms with E-state index < -0.39 is 4.92 Å². The Morgan fingerprint density at radius 1 is 1.37 bits per heavy atom. The van der Waals surface area contributed by atoms with E-state index >= 15 is 0 Å². The highest BCUT2D eigenvalue weighted by Gasteiger charge is 2.21. The van der Waals surface area contributed by atoms with Crippen LogP contribution in [0.25, 0.3) is 0 Å². The minimum absolute atomic E-state index is 0.0538. The molecule has 0 unspecified atom stereocenters. The van der Waals surface area contributed by atoms with E-state index in [1.165, 1.54) is 6.20 Å². The van der Waals surface area contributed by atoms with Crippen molar-refractivity contribution < 1.29 is 10.0 Å². The van der Waals surface area contributed by atoms with Crippen LogP contribution < -0.4 is 4.90 Å². The quantitative estimate of drug-likeness (QED) is 0.631. The maximum Gasteiger partial charge on any atom is 0.310 e. The van der Waals surface area contributed by atoms with Crippen LogP contribution in [0.2, 0.25) is 0 Å². The van der Waals surface area contributed by atoms with Gasteiger partial charge in [-0.2, -0.15) is 0 Å². The lowest BCUT2D eigenvalue weighted by atomic mass is 10.3. The van der Waals surface area contributed by atoms with Crippen LogP contribution in [0.3, 0.4) is 0 Å². The summed E-state index contributed by atoms with van der Waals surface area (Å²) in [6.07, 6.45) is 3.81. The lowest BCUT2D eigenvalue weighted by Crippen LogP contribution is -2.32. The molecule has 1 aromatic heterocycles. The predicted molar refractivity (Wildman–Crippen MR) is 71.2 cm³/mol. The van der Waals surface area contributed by atoms with Crippen molar-refractivity contribution in [3.8, 4) is 0 Å². The molecule has 0 amide bonds. The Morgan fingerprint density at radius 2 is 2.21 bits per heavy atom. The van der Waals surface area contributed by atoms with Gasteiger partial charge in [0.1, 0.15) is 11.9 Å². The molecule has 1 aliphatic heterocycles. The summed E-state index contributed by atoms with van der Waals surface area (Å²) in [6.45, 7) is 4.04. The van der Waals surface area contributed by atoms with Gasteiger partial charge in [0, 0.05) is 32.4 Å². The van der Waals surface area contributed by atoms with Gasteiger partial charge in [-0.3, -0.25) is 20.0 Å². The van der Waals surface area contributed by atoms with E-state index in [9.17, 15) is 10.1 Å². The standard InChI is InChI=1S/C12H18N4O3/c17-9-8-14-4-1-5-15(7-6-14)11-2-3-13-10-12(11)16(18)19/h2-3,10,17H,1,4-9H2. The molecule has 19 heavy (non-hydrogen) atoms. The van der Waals surface area contributed by atoms with Crippen LogP contribution in [0.1, 0.15) is 6.42 Å². The first-order chi connectivity index (χ1) is 9.22. The van der Waals surface area contributed by atoms with E-state index in [1.54, 1.807) is 12.3 Å². The molecule has 1 aliphatic rings. The van der Waals surface area contributed by atoms with Gasteiger partial charge >= 0.3 is 5.69 Å². The average Bonchev–Trinajstić information content (AvgIpc) is 2.65. The molecule has 1 fully saturated rings. The average molecular weight is 266 g/mol. The molecule has 0 aliphatic carbocycles. The number of nitro groups is 1. The fourth-order valence-corrected chi connectivity index (χ4v) is 2.36. The monoisotopic (exact) mass is 266 g/mol. The van der Waals surface area contributed by atoms with Gasteiger partial charge in [0.15, 0.2) is 0 Å². The Morgan fingerprint density at radius 3 is 2.95 bits per heavy atom. The Balaban J connectivity index is 2.12. The highest BCUT2D eigenvalue weighted by atomic mass is 16.6. The topological polar surface area (TPSA) is 82.7 Å². The number of nitrogens with zero attached hydrogens (tertiary/aromatic N) is 4. The predicted octanol–water partition coefficient (Wildman–Crippen LogP) is 0.494. The Bertz CT molecular complexity index is 441. The molecule has 0 saturated carbocycles. The molecule has 1 saturated heterocycles. The second-order valence-corrected chi connectivity index (χ2v) is 4.53. The van der Waals surface area contributed by atoms with E-state index in [0.29, 0.717) is 12.2 Å². The fraction of sp³-hybridized carbons (Fsp3) is 0.583. The Hall–Kier alpha value is -1.73. The second kappa shape index (κ2) is 6.44. The van der Waals surface area contributed by atoms with Crippen LogP contribution >= 0.6 is 0 Å². The number of anilines is 1. The zero-order valence-electron chi connectivity index (χ0n) is 10.7. The molecule has 0 spiro atoms. The van der Waals surface area contributed by atoms with Gasteiger partial charge in [0.05, 0.1) is 11.5 Å². The molecule has 2 heterocycles. The molecule has 7 heteroatoms. The molecular weight excluding hydrogens is 248 g/mol. The summed E-state index contributed by atoms with van der Waals surface area (Å²) in [5.41, 5.74) is 0.684. The number of hydrogen-bond donors (Lipinski definition) is 1. The summed E-state index contributed by atoms with van der Waals surface area (Å²) < 4.78 is 0. The van der Waals surface area contributed by atoms with Crippen LogP contribution in [-0.4, -0.2) is 59.2 Å². The van der Waals surface area contributed by atoms with Gasteiger partial charge in [-0.25, -0.2) is 0 Å². The lowest BCUT2D eigenvalue weighted by molar-refractivity contribution is -0.384. The summed E-state index contributed by atoms with van der Waals surface area (Å²) >= 11 is 0. The molecule has 7 nitrogen and oxygen atoms in total. The third-order valence-corrected chi connectivity index (χ3v) is 3.32. The summed E-state index contributed by atoms with van der Waals surface area (Å²) in [7, 11) is 0. The van der Waals surface area contributed by atoms with Crippen molar-refractivity contribution in [2.75, 3.05) is 44.2 Å². The van der Waals surface area contributed by atoms with Gasteiger partial charge in [-0.1, -0.05) is 0 Å². The first-order valence-corrected chi connectivity index (χ1v) is 6.39. The summed E-state index contributed by atoms with van der Waals surface area (Å²) in [4.78, 5) is 18.6. The summed E-state index contributed by atoms with van der Waals surface area (Å²) in [5, 5.41) is 20.0. The second-order valence-electron chi connectivity index (χ2n) is 4.53. The molecule has 0 radical (unpaired) electrons. The summed E-state index contributed by atoms with van der Waals surface area (Å²) in [5.74, 6) is 0. The SMILES string of the molecule is O=[N+]([O-])c1cnccc1N1CCCN(CCO)CC1. The Labute approximate surface area is 111 Å². The van der Waals surface area contributed by atoms with Crippen LogP contribution in [0, 0.1) is 10.1 Å². The Kier molecular flexibility index (Phi) is 4.64. The maximum absolute atomic E-state index is 11.0. The molecule has 104 valence electrons. The van der Waals surface area contributed by atoms with Crippen molar-refractivity contribution in [2.24, 2.45) is 0 Å². The van der Waals surface area contributed by atoms with Crippen molar-refractivity contribution in [3.05, 3.63) is 28.6 Å². The zero-order valence-corrected chi connectivity index (χ0v) is 10.7. The molecule has 1 N–H and O–H groups in total. The van der Waals surface area contributed by atoms with Crippen molar-refractivity contribution >= 4 is 11.4 Å². The minimum Gasteiger partial charge on any atom is -0.395 e. The molecule has 0 aromatic carbocycles. The van der Waals surface area contributed by atoms with Crippen molar-refractivity contribution in [2.45, 2.75) is 6.42 Å². The number of aliphatic hydroxyl groups excluding tert-OH is 1. The lowest BCUT2D eigenvalue weighted by Gasteiger charge is -2.22. The van der Waals surface area contributed by atoms with Gasteiger partial charge in [-0.15, -0.1) is 0 Å². The van der Waals surface area contributed by atoms with Gasteiger partial charge in [-0.05, 0) is 19.0 Å². The zero-order chi connectivity index (χ0) is 13.7. The number of β-amino-alcohol motifs (C(OH)–C–C–N with tert-alkyl or cyclic N) is 1. The number of hydrogen-bond acceptors (Lipinski definition) is 6. The minimum atomic E-state index is -0.390. The number of aliphatic hydroxyl groups is 1. The first kappa shape index (κ1) is 13.7. The van der Waals surface area contributed by atoms with Crippen LogP contribution in [-0.2, 0) is 0 Å². The van der Waals surface area contributed by atoms with E-state index in [4.69, 9.17) is 5.11 Å². The smallest absolute Gasteiger partial charge is 0.310 e. The molecule has 2 rings (SSSR count). The van der Waals surface area contributed by atoms with E-state index in [1.807, 2.05) is 4.90 Å². The van der Waals surface area contributed by atoms with Crippen molar-refractivity contribution in [1.29, 1.82) is 0 Å². The molecule has 1 aromatic rings. The van der Waals surface area contributed by atoms with Crippen molar-refractivity contribution in [3.63, 3.8) is 0 Å². The van der Waals surface area contributed by atoms with Gasteiger partial charge in [0.25, 0.3) is 0 Å². The van der Waals surface area contributed by atoms with Gasteiger partial charge < -0.3 is 10.0 Å². The highest BCUT2D eigenvalue weighted by Crippen LogP contribution is 2.27. The van der Waals surface area contributed by atoms with E-state index in [2.05, 4.69) is 9.88 Å². The maximum atomic E-state index is 11.0. The third-order valence-electron chi connectivity index (χ3n) is 3.32.